The second kappa shape index (κ2) is 12.0. The summed E-state index contributed by atoms with van der Waals surface area (Å²) in [5.74, 6) is 0.116. The molecule has 37 heavy (non-hydrogen) atoms. The van der Waals surface area contributed by atoms with E-state index in [1.165, 1.54) is 31.1 Å². The van der Waals surface area contributed by atoms with Gasteiger partial charge < -0.3 is 14.8 Å². The van der Waals surface area contributed by atoms with E-state index in [1.54, 1.807) is 55.7 Å². The lowest BCUT2D eigenvalue weighted by Crippen LogP contribution is -2.33. The standard InChI is InChI=1S/C30H31N3O4/c1-20(24-15-14-22-9-7-8-12-25(22)19-24)32-33-30(35)26(31-29(34)23-10-5-4-6-11-23)17-21-13-16-27(36-2)28(18-21)37-3/h4-6,10-11,13-19H,7-9,12H2,1-3H3,(H,31,34)(H,33,35)/b26-17+,32-20-. The van der Waals surface area contributed by atoms with E-state index in [4.69, 9.17) is 9.47 Å². The fourth-order valence-electron chi connectivity index (χ4n) is 4.27. The number of hydrazone groups is 1. The molecule has 0 heterocycles. The summed E-state index contributed by atoms with van der Waals surface area (Å²) in [5.41, 5.74) is 8.09. The molecule has 3 aromatic rings. The second-order valence-corrected chi connectivity index (χ2v) is 8.82. The summed E-state index contributed by atoms with van der Waals surface area (Å²) in [6.45, 7) is 1.85. The third-order valence-electron chi connectivity index (χ3n) is 6.34. The van der Waals surface area contributed by atoms with Crippen molar-refractivity contribution < 1.29 is 19.1 Å². The summed E-state index contributed by atoms with van der Waals surface area (Å²) in [4.78, 5) is 26.1. The quantitative estimate of drug-likeness (QED) is 0.263. The maximum Gasteiger partial charge on any atom is 0.287 e. The van der Waals surface area contributed by atoms with E-state index in [2.05, 4.69) is 28.0 Å². The van der Waals surface area contributed by atoms with Gasteiger partial charge in [-0.1, -0.05) is 36.4 Å². The molecule has 0 fully saturated rings. The van der Waals surface area contributed by atoms with Crippen LogP contribution in [0, 0.1) is 0 Å². The van der Waals surface area contributed by atoms with Crippen LogP contribution in [-0.2, 0) is 17.6 Å². The van der Waals surface area contributed by atoms with Crippen LogP contribution >= 0.6 is 0 Å². The Kier molecular flexibility index (Phi) is 8.36. The number of aryl methyl sites for hydroxylation is 2. The molecule has 190 valence electrons. The van der Waals surface area contributed by atoms with E-state index in [0.717, 1.165) is 18.4 Å². The molecule has 1 aliphatic carbocycles. The Labute approximate surface area is 217 Å². The molecule has 2 amide bonds. The molecule has 0 saturated carbocycles. The Morgan fingerprint density at radius 3 is 2.30 bits per heavy atom. The van der Waals surface area contributed by atoms with Crippen molar-refractivity contribution in [3.8, 4) is 11.5 Å². The maximum atomic E-state index is 13.2. The van der Waals surface area contributed by atoms with Crippen molar-refractivity contribution in [2.24, 2.45) is 5.10 Å². The zero-order chi connectivity index (χ0) is 26.2. The number of hydrogen-bond donors (Lipinski definition) is 2. The topological polar surface area (TPSA) is 89.0 Å². The number of amides is 2. The van der Waals surface area contributed by atoms with Gasteiger partial charge >= 0.3 is 0 Å². The molecule has 7 nitrogen and oxygen atoms in total. The van der Waals surface area contributed by atoms with Gasteiger partial charge in [0.2, 0.25) is 0 Å². The van der Waals surface area contributed by atoms with Gasteiger partial charge in [-0.25, -0.2) is 5.43 Å². The Hall–Kier alpha value is -4.39. The van der Waals surface area contributed by atoms with Crippen molar-refractivity contribution in [3.63, 3.8) is 0 Å². The Bertz CT molecular complexity index is 1350. The minimum absolute atomic E-state index is 0.0445. The Balaban J connectivity index is 1.59. The lowest BCUT2D eigenvalue weighted by Gasteiger charge is -2.16. The first kappa shape index (κ1) is 25.7. The van der Waals surface area contributed by atoms with Crippen LogP contribution in [0.15, 0.2) is 77.5 Å². The lowest BCUT2D eigenvalue weighted by atomic mass is 9.90. The summed E-state index contributed by atoms with van der Waals surface area (Å²) >= 11 is 0. The number of methoxy groups -OCH3 is 2. The van der Waals surface area contributed by atoms with Crippen molar-refractivity contribution in [3.05, 3.63) is 100 Å². The summed E-state index contributed by atoms with van der Waals surface area (Å²) in [6, 6.07) is 20.3. The summed E-state index contributed by atoms with van der Waals surface area (Å²) in [6.07, 6.45) is 6.15. The minimum Gasteiger partial charge on any atom is -0.493 e. The lowest BCUT2D eigenvalue weighted by molar-refractivity contribution is -0.117. The number of nitrogens with one attached hydrogen (secondary N) is 2. The predicted octanol–water partition coefficient (Wildman–Crippen LogP) is 4.89. The van der Waals surface area contributed by atoms with Gasteiger partial charge in [0.15, 0.2) is 11.5 Å². The predicted molar refractivity (Wildman–Crippen MR) is 145 cm³/mol. The highest BCUT2D eigenvalue weighted by Crippen LogP contribution is 2.28. The van der Waals surface area contributed by atoms with Crippen LogP contribution < -0.4 is 20.2 Å². The molecule has 0 spiro atoms. The monoisotopic (exact) mass is 497 g/mol. The van der Waals surface area contributed by atoms with Crippen molar-refractivity contribution in [1.29, 1.82) is 0 Å². The number of nitrogens with zero attached hydrogens (tertiary/aromatic N) is 1. The molecule has 3 aromatic carbocycles. The summed E-state index contributed by atoms with van der Waals surface area (Å²) in [5, 5.41) is 7.05. The molecule has 0 bridgehead atoms. The van der Waals surface area contributed by atoms with Gasteiger partial charge in [-0.05, 0) is 91.3 Å². The SMILES string of the molecule is COc1ccc(/C=C(/NC(=O)c2ccccc2)C(=O)N/N=C(/C)c2ccc3c(c2)CCCC3)cc1OC. The number of benzene rings is 3. The molecule has 0 radical (unpaired) electrons. The number of fused-ring (bicyclic) bond motifs is 1. The van der Waals surface area contributed by atoms with Crippen molar-refractivity contribution >= 4 is 23.6 Å². The van der Waals surface area contributed by atoms with Crippen LogP contribution in [0.3, 0.4) is 0 Å². The maximum absolute atomic E-state index is 13.2. The molecule has 2 N–H and O–H groups in total. The zero-order valence-electron chi connectivity index (χ0n) is 21.3. The van der Waals surface area contributed by atoms with Crippen molar-refractivity contribution in [1.82, 2.24) is 10.7 Å². The van der Waals surface area contributed by atoms with Gasteiger partial charge in [-0.2, -0.15) is 5.10 Å². The van der Waals surface area contributed by atoms with Crippen LogP contribution in [-0.4, -0.2) is 31.7 Å². The molecule has 0 unspecified atom stereocenters. The van der Waals surface area contributed by atoms with Gasteiger partial charge in [0, 0.05) is 5.56 Å². The van der Waals surface area contributed by atoms with Gasteiger partial charge in [0.25, 0.3) is 11.8 Å². The molecule has 1 aliphatic rings. The fourth-order valence-corrected chi connectivity index (χ4v) is 4.27. The van der Waals surface area contributed by atoms with Gasteiger partial charge in [-0.3, -0.25) is 9.59 Å². The Morgan fingerprint density at radius 1 is 0.838 bits per heavy atom. The van der Waals surface area contributed by atoms with E-state index >= 15 is 0 Å². The molecule has 0 atom stereocenters. The third-order valence-corrected chi connectivity index (χ3v) is 6.34. The van der Waals surface area contributed by atoms with Gasteiger partial charge in [-0.15, -0.1) is 0 Å². The highest BCUT2D eigenvalue weighted by Gasteiger charge is 2.16. The first-order chi connectivity index (χ1) is 18.0. The molecule has 4 rings (SSSR count). The fraction of sp³-hybridized carbons (Fsp3) is 0.233. The van der Waals surface area contributed by atoms with Gasteiger partial charge in [0.05, 0.1) is 19.9 Å². The van der Waals surface area contributed by atoms with Crippen molar-refractivity contribution in [2.45, 2.75) is 32.6 Å². The van der Waals surface area contributed by atoms with E-state index in [0.29, 0.717) is 28.3 Å². The van der Waals surface area contributed by atoms with E-state index < -0.39 is 11.8 Å². The number of ether oxygens (including phenoxy) is 2. The summed E-state index contributed by atoms with van der Waals surface area (Å²) < 4.78 is 10.7. The van der Waals surface area contributed by atoms with Crippen LogP contribution in [0.2, 0.25) is 0 Å². The van der Waals surface area contributed by atoms with E-state index in [-0.39, 0.29) is 5.70 Å². The second-order valence-electron chi connectivity index (χ2n) is 8.82. The van der Waals surface area contributed by atoms with E-state index in [9.17, 15) is 9.59 Å². The first-order valence-corrected chi connectivity index (χ1v) is 12.3. The minimum atomic E-state index is -0.545. The normalized spacial score (nSPS) is 13.4. The molecule has 0 aromatic heterocycles. The molecular formula is C30H31N3O4. The van der Waals surface area contributed by atoms with Crippen LogP contribution in [0.4, 0.5) is 0 Å². The number of rotatable bonds is 8. The van der Waals surface area contributed by atoms with Crippen LogP contribution in [0.1, 0.15) is 52.4 Å². The van der Waals surface area contributed by atoms with E-state index in [1.807, 2.05) is 19.1 Å². The first-order valence-electron chi connectivity index (χ1n) is 12.3. The molecule has 7 heteroatoms. The van der Waals surface area contributed by atoms with Crippen molar-refractivity contribution in [2.75, 3.05) is 14.2 Å². The average molecular weight is 498 g/mol. The van der Waals surface area contributed by atoms with Crippen LogP contribution in [0.25, 0.3) is 6.08 Å². The average Bonchev–Trinajstić information content (AvgIpc) is 2.95. The Morgan fingerprint density at radius 2 is 1.57 bits per heavy atom. The highest BCUT2D eigenvalue weighted by molar-refractivity contribution is 6.06. The number of carbonyl (C=O) groups excluding carboxylic acids is 2. The highest BCUT2D eigenvalue weighted by atomic mass is 16.5. The smallest absolute Gasteiger partial charge is 0.287 e. The number of hydrogen-bond acceptors (Lipinski definition) is 5. The van der Waals surface area contributed by atoms with Crippen LogP contribution in [0.5, 0.6) is 11.5 Å². The molecule has 0 aliphatic heterocycles. The molecule has 0 saturated heterocycles. The molecular weight excluding hydrogens is 466 g/mol. The number of carbonyl (C=O) groups is 2. The largest absolute Gasteiger partial charge is 0.493 e. The summed E-state index contributed by atoms with van der Waals surface area (Å²) in [7, 11) is 3.09. The zero-order valence-corrected chi connectivity index (χ0v) is 21.3. The van der Waals surface area contributed by atoms with Gasteiger partial charge in [0.1, 0.15) is 5.70 Å². The third kappa shape index (κ3) is 6.44.